The molecule has 0 saturated carbocycles. The Balaban J connectivity index is 1.20. The first kappa shape index (κ1) is 33.1. The lowest BCUT2D eigenvalue weighted by Gasteiger charge is -2.43. The van der Waals surface area contributed by atoms with E-state index in [1.54, 1.807) is 0 Å². The number of hydrogen-bond acceptors (Lipinski definition) is 2. The largest absolute Gasteiger partial charge is 0.376 e. The van der Waals surface area contributed by atoms with Crippen molar-refractivity contribution in [2.24, 2.45) is 0 Å². The van der Waals surface area contributed by atoms with Crippen LogP contribution >= 0.6 is 0 Å². The van der Waals surface area contributed by atoms with Crippen LogP contribution in [-0.2, 0) is 0 Å². The van der Waals surface area contributed by atoms with Crippen LogP contribution in [0.5, 0.6) is 0 Å². The van der Waals surface area contributed by atoms with Gasteiger partial charge in [-0.25, -0.2) is 0 Å². The molecule has 5 heterocycles. The standard InChI is InChI=1S/C56H37BN4/c1-34-27-29-47(35(2)31-34)61-56-43(28-30-50-52(56)44-23-13-21-41-39-19-9-11-25-48(39)59(50)54(41)44)45-32-38(58(36-15-5-3-6-16-36)37-17-7-4-8-18-37)33-51-53(45)57(61)46-24-14-22-42-40-20-10-12-26-49(40)60(51)55(42)46/h3-33H,1-2H3. The summed E-state index contributed by atoms with van der Waals surface area (Å²) in [6.45, 7) is 4.40. The third kappa shape index (κ3) is 4.25. The van der Waals surface area contributed by atoms with Crippen LogP contribution < -0.4 is 20.6 Å². The number of rotatable bonds is 4. The van der Waals surface area contributed by atoms with E-state index in [2.05, 4.69) is 221 Å². The van der Waals surface area contributed by atoms with Crippen LogP contribution in [0.15, 0.2) is 188 Å². The summed E-state index contributed by atoms with van der Waals surface area (Å²) in [6.07, 6.45) is 0. The Hall–Kier alpha value is -7.76. The normalized spacial score (nSPS) is 13.0. The number of para-hydroxylation sites is 6. The molecule has 2 aliphatic heterocycles. The average Bonchev–Trinajstić information content (AvgIpc) is 3.95. The van der Waals surface area contributed by atoms with Gasteiger partial charge in [-0.15, -0.1) is 0 Å². The summed E-state index contributed by atoms with van der Waals surface area (Å²) >= 11 is 0. The zero-order valence-electron chi connectivity index (χ0n) is 33.8. The number of nitrogens with zero attached hydrogens (tertiary/aromatic N) is 4. The SMILES string of the molecule is Cc1ccc(N2B3c4c(cc(N(c5ccccc5)c5ccccc5)cc4-n4c5ccccc5c5cccc3c54)-c3ccc4c(c32)c2cccc3c5ccccc5n4c32)c(C)c1. The monoisotopic (exact) mass is 776 g/mol. The first-order valence-electron chi connectivity index (χ1n) is 21.3. The Morgan fingerprint density at radius 3 is 1.84 bits per heavy atom. The second-order valence-electron chi connectivity index (χ2n) is 17.0. The molecule has 0 saturated heterocycles. The van der Waals surface area contributed by atoms with Gasteiger partial charge in [0.1, 0.15) is 0 Å². The van der Waals surface area contributed by atoms with E-state index in [0.29, 0.717) is 0 Å². The summed E-state index contributed by atoms with van der Waals surface area (Å²) in [5.74, 6) is 0. The van der Waals surface area contributed by atoms with E-state index in [-0.39, 0.29) is 6.85 Å². The van der Waals surface area contributed by atoms with Gasteiger partial charge in [-0.1, -0.05) is 133 Å². The van der Waals surface area contributed by atoms with E-state index in [1.807, 2.05) is 0 Å². The summed E-state index contributed by atoms with van der Waals surface area (Å²) in [4.78, 5) is 5.15. The highest BCUT2D eigenvalue weighted by Gasteiger charge is 2.45. The summed E-state index contributed by atoms with van der Waals surface area (Å²) in [7, 11) is 0. The van der Waals surface area contributed by atoms with Gasteiger partial charge in [0.25, 0.3) is 0 Å². The van der Waals surface area contributed by atoms with Crippen LogP contribution in [-0.4, -0.2) is 15.8 Å². The summed E-state index contributed by atoms with van der Waals surface area (Å²) in [5, 5.41) is 7.73. The number of anilines is 5. The molecule has 2 aliphatic rings. The fraction of sp³-hybridized carbons (Fsp3) is 0.0357. The van der Waals surface area contributed by atoms with Crippen LogP contribution in [0.4, 0.5) is 28.4 Å². The quantitative estimate of drug-likeness (QED) is 0.166. The molecule has 3 aromatic heterocycles. The number of aryl methyl sites for hydroxylation is 2. The van der Waals surface area contributed by atoms with Gasteiger partial charge in [0.15, 0.2) is 0 Å². The minimum Gasteiger partial charge on any atom is -0.376 e. The van der Waals surface area contributed by atoms with Crippen LogP contribution in [0.3, 0.4) is 0 Å². The summed E-state index contributed by atoms with van der Waals surface area (Å²) in [5.41, 5.74) is 21.1. The van der Waals surface area contributed by atoms with E-state index in [0.717, 1.165) is 17.1 Å². The van der Waals surface area contributed by atoms with Crippen LogP contribution in [0.1, 0.15) is 11.1 Å². The fourth-order valence-corrected chi connectivity index (χ4v) is 11.4. The molecule has 14 rings (SSSR count). The van der Waals surface area contributed by atoms with Gasteiger partial charge in [-0.3, -0.25) is 0 Å². The van der Waals surface area contributed by atoms with Crippen LogP contribution in [0.2, 0.25) is 0 Å². The van der Waals surface area contributed by atoms with Gasteiger partial charge in [0, 0.05) is 72.0 Å². The van der Waals surface area contributed by atoms with Crippen molar-refractivity contribution < 1.29 is 0 Å². The highest BCUT2D eigenvalue weighted by Crippen LogP contribution is 2.53. The maximum atomic E-state index is 2.73. The van der Waals surface area contributed by atoms with Crippen LogP contribution in [0, 0.1) is 13.8 Å². The first-order chi connectivity index (χ1) is 30.1. The molecule has 9 aromatic carbocycles. The first-order valence-corrected chi connectivity index (χ1v) is 21.3. The number of hydrogen-bond donors (Lipinski definition) is 0. The minimum absolute atomic E-state index is 0.0993. The van der Waals surface area contributed by atoms with Crippen molar-refractivity contribution in [3.05, 3.63) is 199 Å². The molecule has 4 nitrogen and oxygen atoms in total. The molecule has 61 heavy (non-hydrogen) atoms. The molecular formula is C56H37BN4. The minimum atomic E-state index is -0.0993. The topological polar surface area (TPSA) is 15.8 Å². The molecule has 0 bridgehead atoms. The fourth-order valence-electron chi connectivity index (χ4n) is 11.4. The zero-order valence-corrected chi connectivity index (χ0v) is 33.8. The van der Waals surface area contributed by atoms with Crippen molar-refractivity contribution in [1.82, 2.24) is 8.97 Å². The Morgan fingerprint density at radius 2 is 1.08 bits per heavy atom. The molecule has 0 spiro atoms. The molecule has 0 radical (unpaired) electrons. The predicted molar refractivity (Wildman–Crippen MR) is 259 cm³/mol. The molecular weight excluding hydrogens is 739 g/mol. The molecule has 0 atom stereocenters. The molecule has 0 fully saturated rings. The predicted octanol–water partition coefficient (Wildman–Crippen LogP) is 13.3. The van der Waals surface area contributed by atoms with E-state index in [1.165, 1.54) is 110 Å². The smallest absolute Gasteiger partial charge is 0.333 e. The molecule has 0 aliphatic carbocycles. The van der Waals surface area contributed by atoms with Crippen molar-refractivity contribution in [1.29, 1.82) is 0 Å². The van der Waals surface area contributed by atoms with Gasteiger partial charge in [-0.05, 0) is 96.6 Å². The van der Waals surface area contributed by atoms with Gasteiger partial charge in [0.2, 0.25) is 0 Å². The molecule has 0 amide bonds. The average molecular weight is 777 g/mol. The van der Waals surface area contributed by atoms with Gasteiger partial charge < -0.3 is 18.7 Å². The van der Waals surface area contributed by atoms with Crippen molar-refractivity contribution >= 4 is 106 Å². The Labute approximate surface area is 353 Å². The molecule has 12 aromatic rings. The lowest BCUT2D eigenvalue weighted by molar-refractivity contribution is 1.17. The van der Waals surface area contributed by atoms with Gasteiger partial charge in [-0.2, -0.15) is 0 Å². The molecule has 0 unspecified atom stereocenters. The Morgan fingerprint density at radius 1 is 0.443 bits per heavy atom. The Bertz CT molecular complexity index is 3770. The van der Waals surface area contributed by atoms with Crippen molar-refractivity contribution in [3.63, 3.8) is 0 Å². The van der Waals surface area contributed by atoms with E-state index in [9.17, 15) is 0 Å². The Kier molecular flexibility index (Phi) is 6.48. The maximum Gasteiger partial charge on any atom is 0.333 e. The lowest BCUT2D eigenvalue weighted by atomic mass is 9.43. The lowest BCUT2D eigenvalue weighted by Crippen LogP contribution is -2.60. The number of benzene rings is 9. The van der Waals surface area contributed by atoms with E-state index in [4.69, 9.17) is 0 Å². The summed E-state index contributed by atoms with van der Waals surface area (Å²) in [6, 6.07) is 70.2. The zero-order chi connectivity index (χ0) is 40.1. The molecule has 284 valence electrons. The second kappa shape index (κ2) is 11.9. The van der Waals surface area contributed by atoms with Gasteiger partial charge >= 0.3 is 6.85 Å². The molecule has 5 heteroatoms. The number of fused-ring (bicyclic) bond motifs is 14. The van der Waals surface area contributed by atoms with Crippen LogP contribution in [0.25, 0.3) is 76.7 Å². The summed E-state index contributed by atoms with van der Waals surface area (Å²) < 4.78 is 5.10. The van der Waals surface area contributed by atoms with Crippen molar-refractivity contribution in [2.75, 3.05) is 9.71 Å². The van der Waals surface area contributed by atoms with E-state index < -0.39 is 0 Å². The van der Waals surface area contributed by atoms with E-state index >= 15 is 0 Å². The molecule has 0 N–H and O–H groups in total. The van der Waals surface area contributed by atoms with Gasteiger partial charge in [0.05, 0.1) is 27.6 Å². The highest BCUT2D eigenvalue weighted by atomic mass is 15.2. The van der Waals surface area contributed by atoms with Crippen molar-refractivity contribution in [2.45, 2.75) is 13.8 Å². The number of aromatic nitrogens is 2. The maximum absolute atomic E-state index is 2.73. The highest BCUT2D eigenvalue weighted by molar-refractivity contribution is 6.94. The second-order valence-corrected chi connectivity index (χ2v) is 17.0. The van der Waals surface area contributed by atoms with Crippen molar-refractivity contribution in [3.8, 4) is 16.8 Å². The third-order valence-electron chi connectivity index (χ3n) is 13.7. The third-order valence-corrected chi connectivity index (χ3v) is 13.7.